The van der Waals surface area contributed by atoms with Crippen molar-refractivity contribution in [2.75, 3.05) is 20.3 Å². The van der Waals surface area contributed by atoms with Crippen molar-refractivity contribution in [2.45, 2.75) is 0 Å². The fraction of sp³-hybridized carbons (Fsp3) is 0.158. The Morgan fingerprint density at radius 3 is 2.77 bits per heavy atom. The largest absolute Gasteiger partial charge is 0.486 e. The number of thiazole rings is 1. The molecular formula is C19H16FN3O2S. The number of hydrogen-bond acceptors (Lipinski definition) is 5. The zero-order valence-corrected chi connectivity index (χ0v) is 14.9. The molecule has 7 heteroatoms. The van der Waals surface area contributed by atoms with Crippen LogP contribution >= 0.6 is 11.3 Å². The fourth-order valence-electron chi connectivity index (χ4n) is 2.67. The van der Waals surface area contributed by atoms with Crippen LogP contribution in [0.3, 0.4) is 0 Å². The summed E-state index contributed by atoms with van der Waals surface area (Å²) in [5, 5.41) is 6.49. The number of halogens is 1. The average molecular weight is 369 g/mol. The molecular weight excluding hydrogens is 353 g/mol. The molecule has 0 saturated heterocycles. The molecule has 0 saturated carbocycles. The van der Waals surface area contributed by atoms with E-state index in [1.54, 1.807) is 30.1 Å². The maximum atomic E-state index is 13.4. The third kappa shape index (κ3) is 3.25. The summed E-state index contributed by atoms with van der Waals surface area (Å²) in [5.74, 6) is 1.16. The van der Waals surface area contributed by atoms with Gasteiger partial charge in [-0.3, -0.25) is 4.99 Å². The molecule has 0 N–H and O–H groups in total. The molecule has 0 bridgehead atoms. The first-order valence-corrected chi connectivity index (χ1v) is 8.96. The van der Waals surface area contributed by atoms with E-state index in [1.165, 1.54) is 23.5 Å². The van der Waals surface area contributed by atoms with Crippen LogP contribution in [0.1, 0.15) is 5.56 Å². The van der Waals surface area contributed by atoms with Crippen molar-refractivity contribution in [1.29, 1.82) is 0 Å². The zero-order chi connectivity index (χ0) is 17.9. The fourth-order valence-corrected chi connectivity index (χ4v) is 3.48. The van der Waals surface area contributed by atoms with Gasteiger partial charge >= 0.3 is 0 Å². The molecule has 3 aromatic rings. The van der Waals surface area contributed by atoms with Gasteiger partial charge < -0.3 is 9.47 Å². The van der Waals surface area contributed by atoms with Gasteiger partial charge in [-0.15, -0.1) is 11.3 Å². The Labute approximate surface area is 153 Å². The van der Waals surface area contributed by atoms with E-state index < -0.39 is 0 Å². The molecule has 0 spiro atoms. The number of aromatic nitrogens is 1. The van der Waals surface area contributed by atoms with Gasteiger partial charge in [0.05, 0.1) is 11.9 Å². The number of hydrogen-bond donors (Lipinski definition) is 0. The Balaban J connectivity index is 1.75. The second-order valence-electron chi connectivity index (χ2n) is 5.60. The van der Waals surface area contributed by atoms with Crippen LogP contribution in [0.15, 0.2) is 57.9 Å². The van der Waals surface area contributed by atoms with Crippen molar-refractivity contribution in [2.24, 2.45) is 10.1 Å². The van der Waals surface area contributed by atoms with Crippen molar-refractivity contribution < 1.29 is 13.9 Å². The van der Waals surface area contributed by atoms with E-state index in [9.17, 15) is 4.39 Å². The molecule has 132 valence electrons. The predicted molar refractivity (Wildman–Crippen MR) is 99.6 cm³/mol. The lowest BCUT2D eigenvalue weighted by Gasteiger charge is -2.18. The molecule has 0 amide bonds. The molecule has 1 aliphatic rings. The third-order valence-corrected chi connectivity index (χ3v) is 4.79. The number of benzene rings is 2. The smallest absolute Gasteiger partial charge is 0.205 e. The Bertz CT molecular complexity index is 1040. The van der Waals surface area contributed by atoms with Crippen molar-refractivity contribution >= 4 is 17.6 Å². The monoisotopic (exact) mass is 369 g/mol. The molecule has 0 aliphatic carbocycles. The lowest BCUT2D eigenvalue weighted by atomic mass is 10.1. The van der Waals surface area contributed by atoms with E-state index >= 15 is 0 Å². The molecule has 0 fully saturated rings. The van der Waals surface area contributed by atoms with Crippen LogP contribution in [0.4, 0.5) is 4.39 Å². The molecule has 26 heavy (non-hydrogen) atoms. The van der Waals surface area contributed by atoms with Crippen molar-refractivity contribution in [3.05, 3.63) is 64.0 Å². The first kappa shape index (κ1) is 16.5. The zero-order valence-electron chi connectivity index (χ0n) is 14.1. The topological polar surface area (TPSA) is 48.1 Å². The molecule has 0 atom stereocenters. The van der Waals surface area contributed by atoms with E-state index in [0.29, 0.717) is 18.8 Å². The van der Waals surface area contributed by atoms with Crippen LogP contribution in [-0.4, -0.2) is 31.2 Å². The summed E-state index contributed by atoms with van der Waals surface area (Å²) in [6.07, 6.45) is 1.62. The van der Waals surface area contributed by atoms with Gasteiger partial charge in [0, 0.05) is 18.0 Å². The highest BCUT2D eigenvalue weighted by molar-refractivity contribution is 7.07. The van der Waals surface area contributed by atoms with E-state index in [1.807, 2.05) is 23.6 Å². The maximum absolute atomic E-state index is 13.4. The molecule has 0 unspecified atom stereocenters. The SMILES string of the molecule is CN=c1scc(-c2ccc3c(c2)OCCO3)n1/N=C\c1cccc(F)c1. The van der Waals surface area contributed by atoms with Gasteiger partial charge in [0.25, 0.3) is 0 Å². The van der Waals surface area contributed by atoms with Crippen LogP contribution in [0.5, 0.6) is 11.5 Å². The minimum Gasteiger partial charge on any atom is -0.486 e. The molecule has 0 radical (unpaired) electrons. The van der Waals surface area contributed by atoms with Crippen LogP contribution in [-0.2, 0) is 0 Å². The summed E-state index contributed by atoms with van der Waals surface area (Å²) in [5.41, 5.74) is 2.50. The highest BCUT2D eigenvalue weighted by Gasteiger charge is 2.14. The van der Waals surface area contributed by atoms with Crippen LogP contribution in [0, 0.1) is 5.82 Å². The first-order chi connectivity index (χ1) is 12.7. The highest BCUT2D eigenvalue weighted by Crippen LogP contribution is 2.34. The van der Waals surface area contributed by atoms with Gasteiger partial charge in [0.2, 0.25) is 4.80 Å². The van der Waals surface area contributed by atoms with E-state index in [-0.39, 0.29) is 5.82 Å². The van der Waals surface area contributed by atoms with Gasteiger partial charge in [-0.2, -0.15) is 5.10 Å². The minimum atomic E-state index is -0.295. The second-order valence-corrected chi connectivity index (χ2v) is 6.43. The van der Waals surface area contributed by atoms with Crippen LogP contribution < -0.4 is 14.3 Å². The Kier molecular flexibility index (Phi) is 4.53. The van der Waals surface area contributed by atoms with Crippen molar-refractivity contribution in [3.63, 3.8) is 0 Å². The number of ether oxygens (including phenoxy) is 2. The summed E-state index contributed by atoms with van der Waals surface area (Å²) in [6.45, 7) is 1.09. The predicted octanol–water partition coefficient (Wildman–Crippen LogP) is 3.54. The number of rotatable bonds is 3. The normalized spacial score (nSPS) is 14.2. The van der Waals surface area contributed by atoms with Gasteiger partial charge in [0.15, 0.2) is 11.5 Å². The third-order valence-electron chi connectivity index (χ3n) is 3.89. The summed E-state index contributed by atoms with van der Waals surface area (Å²) < 4.78 is 26.4. The Morgan fingerprint density at radius 2 is 1.96 bits per heavy atom. The van der Waals surface area contributed by atoms with Gasteiger partial charge in [-0.1, -0.05) is 12.1 Å². The summed E-state index contributed by atoms with van der Waals surface area (Å²) in [4.78, 5) is 5.01. The highest BCUT2D eigenvalue weighted by atomic mass is 32.1. The number of fused-ring (bicyclic) bond motifs is 1. The van der Waals surface area contributed by atoms with Gasteiger partial charge in [0.1, 0.15) is 19.0 Å². The Morgan fingerprint density at radius 1 is 1.12 bits per heavy atom. The molecule has 2 aromatic carbocycles. The molecule has 2 heterocycles. The standard InChI is InChI=1S/C19H16FN3O2S/c1-21-19-23(22-11-13-3-2-4-15(20)9-13)16(12-26-19)14-5-6-17-18(10-14)25-8-7-24-17/h2-6,9-12H,7-8H2,1H3/b21-19?,22-11-. The van der Waals surface area contributed by atoms with E-state index in [4.69, 9.17) is 9.47 Å². The Hall–Kier alpha value is -2.93. The summed E-state index contributed by atoms with van der Waals surface area (Å²) in [7, 11) is 1.72. The quantitative estimate of drug-likeness (QED) is 0.663. The molecule has 5 nitrogen and oxygen atoms in total. The van der Waals surface area contributed by atoms with Gasteiger partial charge in [-0.05, 0) is 35.9 Å². The van der Waals surface area contributed by atoms with Crippen LogP contribution in [0.25, 0.3) is 11.3 Å². The van der Waals surface area contributed by atoms with Gasteiger partial charge in [-0.25, -0.2) is 9.07 Å². The van der Waals surface area contributed by atoms with Crippen molar-refractivity contribution in [3.8, 4) is 22.8 Å². The summed E-state index contributed by atoms with van der Waals surface area (Å²) in [6, 6.07) is 12.1. The molecule has 4 rings (SSSR count). The molecule has 1 aliphatic heterocycles. The number of nitrogens with zero attached hydrogens (tertiary/aromatic N) is 3. The maximum Gasteiger partial charge on any atom is 0.205 e. The van der Waals surface area contributed by atoms with Crippen molar-refractivity contribution in [1.82, 2.24) is 4.68 Å². The lowest BCUT2D eigenvalue weighted by Crippen LogP contribution is -2.15. The summed E-state index contributed by atoms with van der Waals surface area (Å²) >= 11 is 1.48. The van der Waals surface area contributed by atoms with E-state index in [2.05, 4.69) is 10.1 Å². The van der Waals surface area contributed by atoms with E-state index in [0.717, 1.165) is 27.6 Å². The lowest BCUT2D eigenvalue weighted by molar-refractivity contribution is 0.171. The average Bonchev–Trinajstić information content (AvgIpc) is 3.09. The minimum absolute atomic E-state index is 0.295. The first-order valence-electron chi connectivity index (χ1n) is 8.08. The van der Waals surface area contributed by atoms with Crippen LogP contribution in [0.2, 0.25) is 0 Å². The molecule has 1 aromatic heterocycles. The second kappa shape index (κ2) is 7.13.